The molecule has 0 radical (unpaired) electrons. The van der Waals surface area contributed by atoms with Gasteiger partial charge < -0.3 is 4.74 Å². The van der Waals surface area contributed by atoms with Crippen molar-refractivity contribution in [2.24, 2.45) is 0 Å². The summed E-state index contributed by atoms with van der Waals surface area (Å²) in [5.41, 5.74) is 0.656. The molecule has 0 saturated heterocycles. The van der Waals surface area contributed by atoms with Gasteiger partial charge in [0.1, 0.15) is 11.0 Å². The number of benzene rings is 2. The summed E-state index contributed by atoms with van der Waals surface area (Å²) < 4.78 is 59.7. The molecule has 2 aromatic carbocycles. The summed E-state index contributed by atoms with van der Waals surface area (Å²) in [4.78, 5) is 0.651. The van der Waals surface area contributed by atoms with E-state index in [9.17, 15) is 16.8 Å². The van der Waals surface area contributed by atoms with Crippen molar-refractivity contribution in [2.45, 2.75) is 22.0 Å². The van der Waals surface area contributed by atoms with Crippen LogP contribution in [0.25, 0.3) is 0 Å². The van der Waals surface area contributed by atoms with Gasteiger partial charge in [0.15, 0.2) is 9.84 Å². The Morgan fingerprint density at radius 3 is 2.27 bits per heavy atom. The fourth-order valence-electron chi connectivity index (χ4n) is 2.91. The first kappa shape index (κ1) is 22.8. The molecular formula is C20H20ClNO5S3. The Kier molecular flexibility index (Phi) is 6.88. The van der Waals surface area contributed by atoms with Gasteiger partial charge in [0, 0.05) is 16.4 Å². The standard InChI is InChI=1S/C20H20ClNO5S3/c1-14-12-17(9-10-18(14)27-2)30(25,26)22-13-20(19-4-3-11-28-19)29(23,24)16-7-5-15(21)6-8-16/h3-12,20,22H,13H2,1-2H3/t20-/m0/s1. The molecule has 0 unspecified atom stereocenters. The van der Waals surface area contributed by atoms with Crippen LogP contribution in [0, 0.1) is 6.92 Å². The first-order chi connectivity index (χ1) is 14.1. The largest absolute Gasteiger partial charge is 0.496 e. The summed E-state index contributed by atoms with van der Waals surface area (Å²) >= 11 is 7.12. The molecule has 0 fully saturated rings. The predicted molar refractivity (Wildman–Crippen MR) is 119 cm³/mol. The molecule has 0 amide bonds. The van der Waals surface area contributed by atoms with Crippen LogP contribution in [0.15, 0.2) is 69.8 Å². The van der Waals surface area contributed by atoms with Crippen molar-refractivity contribution < 1.29 is 21.6 Å². The maximum absolute atomic E-state index is 13.2. The highest BCUT2D eigenvalue weighted by Gasteiger charge is 2.31. The second kappa shape index (κ2) is 9.07. The fraction of sp³-hybridized carbons (Fsp3) is 0.200. The van der Waals surface area contributed by atoms with Crippen molar-refractivity contribution in [3.63, 3.8) is 0 Å². The van der Waals surface area contributed by atoms with Crippen molar-refractivity contribution in [2.75, 3.05) is 13.7 Å². The fourth-order valence-corrected chi connectivity index (χ4v) is 7.06. The van der Waals surface area contributed by atoms with Crippen molar-refractivity contribution in [1.29, 1.82) is 0 Å². The number of rotatable bonds is 8. The molecule has 0 aliphatic carbocycles. The third kappa shape index (κ3) is 4.87. The number of hydrogen-bond donors (Lipinski definition) is 1. The van der Waals surface area contributed by atoms with E-state index in [1.54, 1.807) is 30.5 Å². The molecule has 0 saturated carbocycles. The van der Waals surface area contributed by atoms with Crippen LogP contribution in [0.5, 0.6) is 5.75 Å². The number of nitrogens with one attached hydrogen (secondary N) is 1. The van der Waals surface area contributed by atoms with Gasteiger partial charge in [-0.05, 0) is 66.4 Å². The molecule has 0 bridgehead atoms. The lowest BCUT2D eigenvalue weighted by molar-refractivity contribution is 0.411. The van der Waals surface area contributed by atoms with E-state index in [0.717, 1.165) is 0 Å². The summed E-state index contributed by atoms with van der Waals surface area (Å²) in [6, 6.07) is 13.7. The number of hydrogen-bond acceptors (Lipinski definition) is 6. The molecule has 1 N–H and O–H groups in total. The quantitative estimate of drug-likeness (QED) is 0.516. The zero-order valence-electron chi connectivity index (χ0n) is 16.2. The van der Waals surface area contributed by atoms with Gasteiger partial charge in [-0.2, -0.15) is 0 Å². The Morgan fingerprint density at radius 1 is 1.03 bits per heavy atom. The zero-order chi connectivity index (χ0) is 21.9. The van der Waals surface area contributed by atoms with E-state index in [4.69, 9.17) is 16.3 Å². The van der Waals surface area contributed by atoms with Crippen LogP contribution in [-0.2, 0) is 19.9 Å². The minimum atomic E-state index is -3.93. The third-order valence-corrected chi connectivity index (χ3v) is 9.42. The van der Waals surface area contributed by atoms with E-state index in [-0.39, 0.29) is 16.3 Å². The minimum Gasteiger partial charge on any atom is -0.496 e. The highest BCUT2D eigenvalue weighted by Crippen LogP contribution is 2.32. The summed E-state index contributed by atoms with van der Waals surface area (Å²) in [5.74, 6) is 0.565. The maximum atomic E-state index is 13.2. The number of thiophene rings is 1. The SMILES string of the molecule is COc1ccc(S(=O)(=O)NC[C@@H](c2cccs2)S(=O)(=O)c2ccc(Cl)cc2)cc1C. The summed E-state index contributed by atoms with van der Waals surface area (Å²) in [5, 5.41) is 1.09. The van der Waals surface area contributed by atoms with Gasteiger partial charge in [-0.15, -0.1) is 11.3 Å². The minimum absolute atomic E-state index is 0.0367. The number of sulfone groups is 1. The van der Waals surface area contributed by atoms with Crippen LogP contribution in [0.3, 0.4) is 0 Å². The van der Waals surface area contributed by atoms with Crippen molar-refractivity contribution >= 4 is 42.8 Å². The lowest BCUT2D eigenvalue weighted by Crippen LogP contribution is -2.31. The van der Waals surface area contributed by atoms with Gasteiger partial charge >= 0.3 is 0 Å². The van der Waals surface area contributed by atoms with Crippen LogP contribution >= 0.6 is 22.9 Å². The topological polar surface area (TPSA) is 89.5 Å². The van der Waals surface area contributed by atoms with Gasteiger partial charge in [0.25, 0.3) is 0 Å². The van der Waals surface area contributed by atoms with Crippen LogP contribution in [0.4, 0.5) is 0 Å². The number of aryl methyl sites for hydroxylation is 1. The number of sulfonamides is 1. The molecule has 3 aromatic rings. The second-order valence-electron chi connectivity index (χ2n) is 6.49. The number of ether oxygens (including phenoxy) is 1. The van der Waals surface area contributed by atoms with Crippen LogP contribution < -0.4 is 9.46 Å². The Balaban J connectivity index is 1.91. The van der Waals surface area contributed by atoms with Gasteiger partial charge in [-0.25, -0.2) is 21.6 Å². The normalized spacial score (nSPS) is 13.2. The molecule has 1 aromatic heterocycles. The van der Waals surface area contributed by atoms with E-state index in [1.165, 1.54) is 54.8 Å². The first-order valence-corrected chi connectivity index (χ1v) is 13.1. The van der Waals surface area contributed by atoms with Gasteiger partial charge in [0.05, 0.1) is 16.9 Å². The predicted octanol–water partition coefficient (Wildman–Crippen LogP) is 4.21. The summed E-state index contributed by atoms with van der Waals surface area (Å²) in [6.45, 7) is 1.43. The van der Waals surface area contributed by atoms with Crippen molar-refractivity contribution in [3.8, 4) is 5.75 Å². The monoisotopic (exact) mass is 485 g/mol. The molecule has 1 heterocycles. The Bertz CT molecular complexity index is 1220. The molecule has 3 rings (SSSR count). The van der Waals surface area contributed by atoms with Crippen molar-refractivity contribution in [3.05, 3.63) is 75.4 Å². The summed E-state index contributed by atoms with van der Waals surface area (Å²) in [7, 11) is -6.29. The molecule has 0 aliphatic heterocycles. The Morgan fingerprint density at radius 2 is 1.70 bits per heavy atom. The Hall–Kier alpha value is -1.91. The molecule has 0 spiro atoms. The van der Waals surface area contributed by atoms with E-state index < -0.39 is 25.1 Å². The lowest BCUT2D eigenvalue weighted by Gasteiger charge is -2.18. The average molecular weight is 486 g/mol. The second-order valence-corrected chi connectivity index (χ2v) is 11.8. The van der Waals surface area contributed by atoms with E-state index >= 15 is 0 Å². The van der Waals surface area contributed by atoms with Gasteiger partial charge in [-0.3, -0.25) is 0 Å². The molecule has 0 aliphatic rings. The Labute approximate surface area is 185 Å². The highest BCUT2D eigenvalue weighted by atomic mass is 35.5. The van der Waals surface area contributed by atoms with Crippen molar-refractivity contribution in [1.82, 2.24) is 4.72 Å². The highest BCUT2D eigenvalue weighted by molar-refractivity contribution is 7.92. The molecular weight excluding hydrogens is 466 g/mol. The number of methoxy groups -OCH3 is 1. The van der Waals surface area contributed by atoms with Crippen LogP contribution in [0.2, 0.25) is 5.02 Å². The van der Waals surface area contributed by atoms with Crippen LogP contribution in [0.1, 0.15) is 15.7 Å². The lowest BCUT2D eigenvalue weighted by atomic mass is 10.2. The zero-order valence-corrected chi connectivity index (χ0v) is 19.4. The average Bonchev–Trinajstić information content (AvgIpc) is 3.22. The molecule has 10 heteroatoms. The third-order valence-electron chi connectivity index (χ3n) is 4.51. The van der Waals surface area contributed by atoms with Crippen LogP contribution in [-0.4, -0.2) is 30.5 Å². The van der Waals surface area contributed by atoms with Gasteiger partial charge in [0.2, 0.25) is 10.0 Å². The van der Waals surface area contributed by atoms with Gasteiger partial charge in [-0.1, -0.05) is 17.7 Å². The molecule has 160 valence electrons. The summed E-state index contributed by atoms with van der Waals surface area (Å²) in [6.07, 6.45) is 0. The van der Waals surface area contributed by atoms with E-state index in [1.807, 2.05) is 0 Å². The maximum Gasteiger partial charge on any atom is 0.240 e. The molecule has 6 nitrogen and oxygen atoms in total. The molecule has 1 atom stereocenters. The smallest absolute Gasteiger partial charge is 0.240 e. The number of halogens is 1. The molecule has 30 heavy (non-hydrogen) atoms. The first-order valence-electron chi connectivity index (χ1n) is 8.82. The van der Waals surface area contributed by atoms with E-state index in [2.05, 4.69) is 4.72 Å². The van der Waals surface area contributed by atoms with E-state index in [0.29, 0.717) is 21.2 Å².